The number of aromatic amines is 1. The van der Waals surface area contributed by atoms with Crippen LogP contribution >= 0.6 is 15.9 Å². The van der Waals surface area contributed by atoms with E-state index in [9.17, 15) is 9.59 Å². The summed E-state index contributed by atoms with van der Waals surface area (Å²) < 4.78 is 0.576. The van der Waals surface area contributed by atoms with Gasteiger partial charge >= 0.3 is 0 Å². The van der Waals surface area contributed by atoms with Gasteiger partial charge in [-0.1, -0.05) is 12.1 Å². The lowest BCUT2D eigenvalue weighted by atomic mass is 10.2. The van der Waals surface area contributed by atoms with E-state index in [-0.39, 0.29) is 23.7 Å². The molecule has 1 fully saturated rings. The number of hydrogen-bond donors (Lipinski definition) is 3. The molecule has 3 N–H and O–H groups in total. The molecule has 9 heteroatoms. The van der Waals surface area contributed by atoms with Gasteiger partial charge < -0.3 is 15.6 Å². The van der Waals surface area contributed by atoms with Crippen LogP contribution < -0.4 is 10.6 Å². The summed E-state index contributed by atoms with van der Waals surface area (Å²) in [6.45, 7) is 1.64. The smallest absolute Gasteiger partial charge is 0.247 e. The second-order valence-electron chi connectivity index (χ2n) is 6.53. The van der Waals surface area contributed by atoms with Crippen molar-refractivity contribution in [1.29, 1.82) is 0 Å². The molecule has 4 rings (SSSR count). The van der Waals surface area contributed by atoms with Gasteiger partial charge in [-0.2, -0.15) is 0 Å². The zero-order chi connectivity index (χ0) is 19.0. The van der Waals surface area contributed by atoms with Gasteiger partial charge in [-0.15, -0.1) is 0 Å². The van der Waals surface area contributed by atoms with Crippen molar-refractivity contribution in [3.05, 3.63) is 47.1 Å². The third-order valence-corrected chi connectivity index (χ3v) is 4.92. The number of carbonyl (C=O) groups excluding carboxylic acids is 2. The van der Waals surface area contributed by atoms with Crippen molar-refractivity contribution in [1.82, 2.24) is 25.3 Å². The van der Waals surface area contributed by atoms with Crippen molar-refractivity contribution in [2.24, 2.45) is 5.92 Å². The van der Waals surface area contributed by atoms with Gasteiger partial charge in [0.2, 0.25) is 11.8 Å². The van der Waals surface area contributed by atoms with Crippen molar-refractivity contribution in [2.75, 3.05) is 5.32 Å². The quantitative estimate of drug-likeness (QED) is 0.577. The normalized spacial score (nSPS) is 19.5. The summed E-state index contributed by atoms with van der Waals surface area (Å²) in [5.74, 6) is 0.540. The number of halogens is 1. The molecule has 3 atom stereocenters. The molecular formula is C18H17BrN6O2. The number of nitrogens with zero attached hydrogens (tertiary/aromatic N) is 3. The molecule has 1 aliphatic carbocycles. The molecule has 0 radical (unpaired) electrons. The number of anilines is 1. The van der Waals surface area contributed by atoms with E-state index in [1.165, 1.54) is 12.4 Å². The van der Waals surface area contributed by atoms with E-state index >= 15 is 0 Å². The minimum atomic E-state index is -0.681. The Labute approximate surface area is 163 Å². The van der Waals surface area contributed by atoms with Gasteiger partial charge in [0.1, 0.15) is 16.5 Å². The lowest BCUT2D eigenvalue weighted by molar-refractivity contribution is -0.127. The zero-order valence-electron chi connectivity index (χ0n) is 14.4. The molecule has 0 saturated heterocycles. The van der Waals surface area contributed by atoms with Crippen molar-refractivity contribution >= 4 is 44.6 Å². The third kappa shape index (κ3) is 3.82. The number of imidazole rings is 1. The first-order valence-electron chi connectivity index (χ1n) is 8.54. The number of carbonyl (C=O) groups is 2. The maximum Gasteiger partial charge on any atom is 0.247 e. The highest BCUT2D eigenvalue weighted by Crippen LogP contribution is 2.46. The van der Waals surface area contributed by atoms with E-state index in [1.807, 2.05) is 24.3 Å². The molecule has 3 unspecified atom stereocenters. The summed E-state index contributed by atoms with van der Waals surface area (Å²) in [5.41, 5.74) is 1.85. The van der Waals surface area contributed by atoms with Crippen molar-refractivity contribution in [2.45, 2.75) is 25.3 Å². The van der Waals surface area contributed by atoms with E-state index in [4.69, 9.17) is 0 Å². The van der Waals surface area contributed by atoms with Crippen molar-refractivity contribution < 1.29 is 9.59 Å². The molecule has 0 bridgehead atoms. The largest absolute Gasteiger partial charge is 0.344 e. The van der Waals surface area contributed by atoms with Gasteiger partial charge in [-0.05, 0) is 41.4 Å². The SMILES string of the molecule is CC(NC(=O)C1CC1c1nc2ccccc2[nH]1)C(=O)Nc1cnc(Br)cn1. The summed E-state index contributed by atoms with van der Waals surface area (Å²) in [6.07, 6.45) is 3.65. The van der Waals surface area contributed by atoms with Gasteiger partial charge in [-0.25, -0.2) is 15.0 Å². The van der Waals surface area contributed by atoms with Crippen LogP contribution in [-0.4, -0.2) is 37.8 Å². The maximum absolute atomic E-state index is 12.4. The van der Waals surface area contributed by atoms with E-state index < -0.39 is 6.04 Å². The Morgan fingerprint density at radius 2 is 2.07 bits per heavy atom. The average molecular weight is 429 g/mol. The first kappa shape index (κ1) is 17.6. The Hall–Kier alpha value is -2.81. The monoisotopic (exact) mass is 428 g/mol. The number of benzene rings is 1. The Kier molecular flexibility index (Phi) is 4.61. The van der Waals surface area contributed by atoms with Crippen LogP contribution in [0.25, 0.3) is 11.0 Å². The van der Waals surface area contributed by atoms with Crippen LogP contribution in [0.5, 0.6) is 0 Å². The molecule has 0 spiro atoms. The molecule has 2 aromatic heterocycles. The van der Waals surface area contributed by atoms with Crippen LogP contribution in [0.2, 0.25) is 0 Å². The number of rotatable bonds is 5. The van der Waals surface area contributed by atoms with E-state index in [1.54, 1.807) is 6.92 Å². The van der Waals surface area contributed by atoms with Crippen molar-refractivity contribution in [3.63, 3.8) is 0 Å². The molecular weight excluding hydrogens is 412 g/mol. The molecule has 2 heterocycles. The van der Waals surface area contributed by atoms with E-state index in [0.717, 1.165) is 23.3 Å². The molecule has 1 saturated carbocycles. The van der Waals surface area contributed by atoms with Crippen LogP contribution in [0.4, 0.5) is 5.82 Å². The van der Waals surface area contributed by atoms with Gasteiger partial charge in [0, 0.05) is 11.8 Å². The summed E-state index contributed by atoms with van der Waals surface area (Å²) in [4.78, 5) is 40.5. The molecule has 138 valence electrons. The van der Waals surface area contributed by atoms with Crippen molar-refractivity contribution in [3.8, 4) is 0 Å². The fourth-order valence-electron chi connectivity index (χ4n) is 2.93. The molecule has 8 nitrogen and oxygen atoms in total. The van der Waals surface area contributed by atoms with Crippen LogP contribution in [0.15, 0.2) is 41.3 Å². The number of aromatic nitrogens is 4. The predicted octanol–water partition coefficient (Wildman–Crippen LogP) is 2.36. The van der Waals surface area contributed by atoms with Crippen LogP contribution in [-0.2, 0) is 9.59 Å². The topological polar surface area (TPSA) is 113 Å². The highest BCUT2D eigenvalue weighted by Gasteiger charge is 2.46. The van der Waals surface area contributed by atoms with E-state index in [2.05, 4.69) is 46.5 Å². The number of amides is 2. The first-order chi connectivity index (χ1) is 13.0. The highest BCUT2D eigenvalue weighted by atomic mass is 79.9. The number of para-hydroxylation sites is 2. The number of nitrogens with one attached hydrogen (secondary N) is 3. The van der Waals surface area contributed by atoms with Gasteiger partial charge in [0.15, 0.2) is 5.82 Å². The lowest BCUT2D eigenvalue weighted by Gasteiger charge is -2.13. The highest BCUT2D eigenvalue weighted by molar-refractivity contribution is 9.10. The molecule has 3 aromatic rings. The Balaban J connectivity index is 1.33. The summed E-state index contributed by atoms with van der Waals surface area (Å²) in [5, 5.41) is 5.38. The van der Waals surface area contributed by atoms with Crippen LogP contribution in [0.1, 0.15) is 25.1 Å². The minimum Gasteiger partial charge on any atom is -0.344 e. The fraction of sp³-hybridized carbons (Fsp3) is 0.278. The molecule has 1 aromatic carbocycles. The lowest BCUT2D eigenvalue weighted by Crippen LogP contribution is -2.42. The standard InChI is InChI=1S/C18H17BrN6O2/c1-9(17(26)25-15-8-20-14(19)7-21-15)22-18(27)11-6-10(11)16-23-12-4-2-3-5-13(12)24-16/h2-5,7-11H,6H2,1H3,(H,22,27)(H,23,24)(H,21,25,26). The Morgan fingerprint density at radius 3 is 2.81 bits per heavy atom. The summed E-state index contributed by atoms with van der Waals surface area (Å²) in [7, 11) is 0. The number of H-pyrrole nitrogens is 1. The Morgan fingerprint density at radius 1 is 1.26 bits per heavy atom. The maximum atomic E-state index is 12.4. The van der Waals surface area contributed by atoms with Crippen LogP contribution in [0, 0.1) is 5.92 Å². The summed E-state index contributed by atoms with van der Waals surface area (Å²) in [6, 6.07) is 7.09. The number of hydrogen-bond acceptors (Lipinski definition) is 5. The molecule has 1 aliphatic rings. The number of fused-ring (bicyclic) bond motifs is 1. The molecule has 2 amide bonds. The Bertz CT molecular complexity index is 970. The fourth-order valence-corrected chi connectivity index (χ4v) is 3.14. The zero-order valence-corrected chi connectivity index (χ0v) is 16.0. The first-order valence-corrected chi connectivity index (χ1v) is 9.34. The summed E-state index contributed by atoms with van der Waals surface area (Å²) >= 11 is 3.18. The minimum absolute atomic E-state index is 0.0602. The van der Waals surface area contributed by atoms with Crippen LogP contribution in [0.3, 0.4) is 0 Å². The van der Waals surface area contributed by atoms with E-state index in [0.29, 0.717) is 10.4 Å². The van der Waals surface area contributed by atoms with Gasteiger partial charge in [0.05, 0.1) is 23.4 Å². The second-order valence-corrected chi connectivity index (χ2v) is 7.34. The average Bonchev–Trinajstić information content (AvgIpc) is 3.35. The van der Waals surface area contributed by atoms with Gasteiger partial charge in [0.25, 0.3) is 0 Å². The second kappa shape index (κ2) is 7.07. The molecule has 27 heavy (non-hydrogen) atoms. The molecule has 0 aliphatic heterocycles. The third-order valence-electron chi connectivity index (χ3n) is 4.51. The predicted molar refractivity (Wildman–Crippen MR) is 103 cm³/mol. The van der Waals surface area contributed by atoms with Gasteiger partial charge in [-0.3, -0.25) is 9.59 Å².